The van der Waals surface area contributed by atoms with Crippen molar-refractivity contribution in [3.05, 3.63) is 185 Å². The van der Waals surface area contributed by atoms with Crippen molar-refractivity contribution in [2.75, 3.05) is 21.2 Å². The van der Waals surface area contributed by atoms with Crippen LogP contribution in [0.2, 0.25) is 0 Å². The van der Waals surface area contributed by atoms with Crippen LogP contribution in [0.5, 0.6) is 0 Å². The van der Waals surface area contributed by atoms with Gasteiger partial charge < -0.3 is 14.7 Å². The second-order valence-electron chi connectivity index (χ2n) is 30.0. The molecule has 0 N–H and O–H groups in total. The first-order valence-corrected chi connectivity index (χ1v) is 31.6. The molecule has 3 heterocycles. The highest BCUT2D eigenvalue weighted by Gasteiger charge is 2.47. The fourth-order valence-electron chi connectivity index (χ4n) is 13.9. The first-order valence-electron chi connectivity index (χ1n) is 30.8. The highest BCUT2D eigenvalue weighted by atomic mass is 32.1. The monoisotopic (exact) mass is 1100 g/mol. The Hall–Kier alpha value is -6.56. The Kier molecular flexibility index (Phi) is 13.5. The quantitative estimate of drug-likeness (QED) is 0.147. The Labute approximate surface area is 496 Å². The van der Waals surface area contributed by atoms with E-state index in [0.717, 1.165) is 23.6 Å². The lowest BCUT2D eigenvalue weighted by Gasteiger charge is -2.48. The molecule has 0 spiro atoms. The fraction of sp³-hybridized carbons (Fsp3) is 0.377. The van der Waals surface area contributed by atoms with Crippen molar-refractivity contribution < 1.29 is 0 Å². The lowest BCUT2D eigenvalue weighted by atomic mass is 9.33. The van der Waals surface area contributed by atoms with Gasteiger partial charge in [-0.15, -0.1) is 11.3 Å². The smallest absolute Gasteiger partial charge is 0.252 e. The predicted molar refractivity (Wildman–Crippen MR) is 362 cm³/mol. The lowest BCUT2D eigenvalue weighted by Crippen LogP contribution is -2.62. The number of fused-ring (bicyclic) bond motifs is 7. The van der Waals surface area contributed by atoms with Gasteiger partial charge in [0.25, 0.3) is 6.71 Å². The molecule has 1 fully saturated rings. The van der Waals surface area contributed by atoms with Crippen LogP contribution in [0.4, 0.5) is 45.5 Å². The van der Waals surface area contributed by atoms with Crippen LogP contribution in [0.1, 0.15) is 183 Å². The maximum atomic E-state index is 2.77. The zero-order valence-corrected chi connectivity index (χ0v) is 53.3. The van der Waals surface area contributed by atoms with Gasteiger partial charge in [-0.3, -0.25) is 0 Å². The van der Waals surface area contributed by atoms with E-state index in [4.69, 9.17) is 0 Å². The van der Waals surface area contributed by atoms with E-state index >= 15 is 0 Å². The van der Waals surface area contributed by atoms with Gasteiger partial charge in [0.1, 0.15) is 0 Å². The summed E-state index contributed by atoms with van der Waals surface area (Å²) in [5, 5.41) is 2.67. The van der Waals surface area contributed by atoms with Gasteiger partial charge >= 0.3 is 0 Å². The molecular weight excluding hydrogens is 1010 g/mol. The third-order valence-corrected chi connectivity index (χ3v) is 20.1. The summed E-state index contributed by atoms with van der Waals surface area (Å²) < 4.78 is 2.69. The summed E-state index contributed by atoms with van der Waals surface area (Å²) >= 11 is 1.96. The first-order chi connectivity index (χ1) is 38.6. The Morgan fingerprint density at radius 1 is 0.463 bits per heavy atom. The highest BCUT2D eigenvalue weighted by molar-refractivity contribution is 7.26. The van der Waals surface area contributed by atoms with Gasteiger partial charge in [0, 0.05) is 66.4 Å². The lowest BCUT2D eigenvalue weighted by molar-refractivity contribution is 0.319. The van der Waals surface area contributed by atoms with E-state index < -0.39 is 0 Å². The van der Waals surface area contributed by atoms with Crippen LogP contribution in [0.15, 0.2) is 152 Å². The topological polar surface area (TPSA) is 9.72 Å². The van der Waals surface area contributed by atoms with Gasteiger partial charge in [0.2, 0.25) is 0 Å². The maximum absolute atomic E-state index is 2.77. The summed E-state index contributed by atoms with van der Waals surface area (Å²) in [6.45, 7) is 41.1. The van der Waals surface area contributed by atoms with Crippen LogP contribution in [0, 0.1) is 0 Å². The number of nitrogens with zero attached hydrogens (tertiary/aromatic N) is 3. The molecule has 0 saturated heterocycles. The zero-order valence-electron chi connectivity index (χ0n) is 52.5. The molecule has 2 aliphatic heterocycles. The number of rotatable bonds is 7. The number of hydrogen-bond acceptors (Lipinski definition) is 4. The molecule has 8 aromatic carbocycles. The minimum atomic E-state index is -0.0626. The van der Waals surface area contributed by atoms with E-state index in [2.05, 4.69) is 284 Å². The van der Waals surface area contributed by atoms with E-state index in [1.54, 1.807) is 0 Å². The average molecular weight is 1100 g/mol. The van der Waals surface area contributed by atoms with Crippen LogP contribution in [0.3, 0.4) is 0 Å². The van der Waals surface area contributed by atoms with E-state index in [0.29, 0.717) is 0 Å². The van der Waals surface area contributed by atoms with Gasteiger partial charge in [-0.1, -0.05) is 209 Å². The summed E-state index contributed by atoms with van der Waals surface area (Å²) in [7, 11) is 0. The number of anilines is 8. The molecule has 5 heteroatoms. The Morgan fingerprint density at radius 2 is 1.00 bits per heavy atom. The van der Waals surface area contributed by atoms with Gasteiger partial charge in [-0.25, -0.2) is 0 Å². The summed E-state index contributed by atoms with van der Waals surface area (Å²) in [5.41, 5.74) is 24.8. The summed E-state index contributed by atoms with van der Waals surface area (Å²) in [4.78, 5) is 8.05. The van der Waals surface area contributed by atoms with Crippen LogP contribution in [0.25, 0.3) is 31.3 Å². The molecule has 9 aromatic rings. The highest BCUT2D eigenvalue weighted by Crippen LogP contribution is 2.53. The van der Waals surface area contributed by atoms with Crippen LogP contribution in [-0.2, 0) is 32.5 Å². The van der Waals surface area contributed by atoms with Crippen molar-refractivity contribution in [3.63, 3.8) is 0 Å². The van der Waals surface area contributed by atoms with Gasteiger partial charge in [-0.2, -0.15) is 0 Å². The zero-order chi connectivity index (χ0) is 58.2. The Bertz CT molecular complexity index is 3860. The van der Waals surface area contributed by atoms with Crippen molar-refractivity contribution in [2.24, 2.45) is 0 Å². The van der Waals surface area contributed by atoms with Gasteiger partial charge in [-0.05, 0) is 180 Å². The maximum Gasteiger partial charge on any atom is 0.252 e. The largest absolute Gasteiger partial charge is 0.342 e. The number of hydrogen-bond donors (Lipinski definition) is 0. The molecule has 12 rings (SSSR count). The van der Waals surface area contributed by atoms with Crippen molar-refractivity contribution in [1.29, 1.82) is 0 Å². The summed E-state index contributed by atoms with van der Waals surface area (Å²) in [6, 6.07) is 60.5. The molecule has 3 nitrogen and oxygen atoms in total. The molecule has 0 bridgehead atoms. The molecule has 82 heavy (non-hydrogen) atoms. The fourth-order valence-corrected chi connectivity index (χ4v) is 15.0. The van der Waals surface area contributed by atoms with Gasteiger partial charge in [0.15, 0.2) is 0 Å². The minimum absolute atomic E-state index is 0.00816. The average Bonchev–Trinajstić information content (AvgIpc) is 0.966. The number of benzene rings is 8. The molecule has 1 aliphatic carbocycles. The minimum Gasteiger partial charge on any atom is -0.342 e. The molecule has 1 aromatic heterocycles. The molecule has 0 radical (unpaired) electrons. The Balaban J connectivity index is 1.26. The Morgan fingerprint density at radius 3 is 1.57 bits per heavy atom. The van der Waals surface area contributed by atoms with Crippen LogP contribution in [-0.4, -0.2) is 13.3 Å². The van der Waals surface area contributed by atoms with E-state index in [9.17, 15) is 0 Å². The first kappa shape index (κ1) is 56.0. The molecule has 0 unspecified atom stereocenters. The third kappa shape index (κ3) is 9.69. The second-order valence-corrected chi connectivity index (χ2v) is 31.1. The van der Waals surface area contributed by atoms with Crippen molar-refractivity contribution >= 4 is 100 Å². The van der Waals surface area contributed by atoms with E-state index in [1.807, 2.05) is 11.3 Å². The van der Waals surface area contributed by atoms with Crippen molar-refractivity contribution in [2.45, 2.75) is 182 Å². The second kappa shape index (κ2) is 19.8. The molecule has 1 saturated carbocycles. The van der Waals surface area contributed by atoms with Gasteiger partial charge in [0.05, 0.1) is 11.4 Å². The molecular formula is C77H88BN3S. The number of thiophene rings is 1. The van der Waals surface area contributed by atoms with Crippen molar-refractivity contribution in [3.8, 4) is 11.1 Å². The molecule has 420 valence electrons. The standard InChI is InChI=1S/C77H88BN3S/c1-18-79-66-45-57(80(55-33-27-50(28-34-55)72(2,3)4)56-35-29-51(30-36-56)73(5,6)7)46-67-70(66)78(63-44-54(76(14,15)16)43-61(71(63)79)77(17)39-23-20-24-40-77)62-48-69-60(59-42-53(75(11,12)13)32-38-68(59)82-69)47-65(62)81(67)64-37-31-52(74(8,9)10)41-58(64)49-25-21-19-22-26-49/h19,21-22,25-38,41-48H,18,20,23-24,39-40H2,1-17H3. The third-order valence-electron chi connectivity index (χ3n) is 18.9. The van der Waals surface area contributed by atoms with Crippen LogP contribution < -0.4 is 31.1 Å². The molecule has 0 amide bonds. The molecule has 3 aliphatic rings. The predicted octanol–water partition coefficient (Wildman–Crippen LogP) is 20.7. The van der Waals surface area contributed by atoms with E-state index in [-0.39, 0.29) is 39.2 Å². The summed E-state index contributed by atoms with van der Waals surface area (Å²) in [6.07, 6.45) is 6.24. The normalized spacial score (nSPS) is 15.5. The molecule has 0 atom stereocenters. The SMILES string of the molecule is CCN1c2cc(N(c3ccc(C(C)(C)C)cc3)c3ccc(C(C)(C)C)cc3)cc3c2B(c2cc4sc5ccc(C(C)(C)C)cc5c4cc2N3c2ccc(C(C)(C)C)cc2-c2ccccc2)c2cc(C(C)(C)C)cc(C3(C)CCCCC3)c21. The summed E-state index contributed by atoms with van der Waals surface area (Å²) in [5.74, 6) is 0. The van der Waals surface area contributed by atoms with Crippen LogP contribution >= 0.6 is 11.3 Å². The van der Waals surface area contributed by atoms with Crippen molar-refractivity contribution in [1.82, 2.24) is 0 Å². The van der Waals surface area contributed by atoms with E-state index in [1.165, 1.54) is 142 Å².